The van der Waals surface area contributed by atoms with Crippen LogP contribution in [-0.2, 0) is 20.7 Å². The molecule has 1 atom stereocenters. The monoisotopic (exact) mass is 376 g/mol. The summed E-state index contributed by atoms with van der Waals surface area (Å²) in [5.74, 6) is -1.07. The first kappa shape index (κ1) is 18.8. The summed E-state index contributed by atoms with van der Waals surface area (Å²) in [6.07, 6.45) is -1.02. The number of halogens is 2. The van der Waals surface area contributed by atoms with Crippen LogP contribution in [0.2, 0.25) is 10.0 Å². The number of ether oxygens (including phenoxy) is 1. The van der Waals surface area contributed by atoms with Gasteiger partial charge in [-0.25, -0.2) is 0 Å². The quantitative estimate of drug-likeness (QED) is 0.800. The number of esters is 1. The zero-order valence-electron chi connectivity index (χ0n) is 13.3. The number of rotatable bonds is 5. The van der Waals surface area contributed by atoms with Crippen LogP contribution in [0, 0.1) is 11.3 Å². The molecule has 0 fully saturated rings. The molecule has 2 aromatic rings. The van der Waals surface area contributed by atoms with Crippen LogP contribution in [0.1, 0.15) is 18.1 Å². The summed E-state index contributed by atoms with van der Waals surface area (Å²) in [7, 11) is 0. The van der Waals surface area contributed by atoms with Crippen LogP contribution in [0.25, 0.3) is 0 Å². The molecular weight excluding hydrogens is 363 g/mol. The number of nitriles is 1. The van der Waals surface area contributed by atoms with E-state index < -0.39 is 18.0 Å². The summed E-state index contributed by atoms with van der Waals surface area (Å²) in [4.78, 5) is 24.1. The third kappa shape index (κ3) is 5.21. The SMILES string of the molecule is CC(OC(=O)Cc1ccccc1Cl)C(=O)Nc1ccc(C#N)c(Cl)c1. The van der Waals surface area contributed by atoms with E-state index in [1.807, 2.05) is 6.07 Å². The first-order valence-electron chi connectivity index (χ1n) is 7.34. The molecule has 1 unspecified atom stereocenters. The molecule has 0 aliphatic rings. The van der Waals surface area contributed by atoms with Gasteiger partial charge < -0.3 is 10.1 Å². The summed E-state index contributed by atoms with van der Waals surface area (Å²) in [5.41, 5.74) is 1.34. The highest BCUT2D eigenvalue weighted by molar-refractivity contribution is 6.32. The summed E-state index contributed by atoms with van der Waals surface area (Å²) in [6.45, 7) is 1.46. The Morgan fingerprint density at radius 3 is 2.56 bits per heavy atom. The molecule has 1 amide bonds. The van der Waals surface area contributed by atoms with E-state index in [2.05, 4.69) is 5.32 Å². The van der Waals surface area contributed by atoms with Gasteiger partial charge in [0, 0.05) is 10.7 Å². The average Bonchev–Trinajstić information content (AvgIpc) is 2.57. The van der Waals surface area contributed by atoms with Crippen LogP contribution in [-0.4, -0.2) is 18.0 Å². The van der Waals surface area contributed by atoms with Crippen molar-refractivity contribution >= 4 is 40.8 Å². The van der Waals surface area contributed by atoms with Crippen LogP contribution in [0.5, 0.6) is 0 Å². The molecule has 0 spiro atoms. The predicted molar refractivity (Wildman–Crippen MR) is 95.5 cm³/mol. The molecule has 7 heteroatoms. The van der Waals surface area contributed by atoms with Crippen LogP contribution >= 0.6 is 23.2 Å². The summed E-state index contributed by atoms with van der Waals surface area (Å²) in [6, 6.07) is 13.3. The minimum absolute atomic E-state index is 0.0278. The number of benzene rings is 2. The van der Waals surface area contributed by atoms with Crippen molar-refractivity contribution < 1.29 is 14.3 Å². The largest absolute Gasteiger partial charge is 0.452 e. The number of hydrogen-bond acceptors (Lipinski definition) is 4. The second-order valence-electron chi connectivity index (χ2n) is 5.20. The lowest BCUT2D eigenvalue weighted by Crippen LogP contribution is -2.30. The minimum atomic E-state index is -0.996. The van der Waals surface area contributed by atoms with E-state index in [9.17, 15) is 9.59 Å². The second kappa shape index (κ2) is 8.52. The van der Waals surface area contributed by atoms with Crippen molar-refractivity contribution in [3.05, 3.63) is 63.6 Å². The number of nitrogens with zero attached hydrogens (tertiary/aromatic N) is 1. The molecule has 0 bridgehead atoms. The zero-order chi connectivity index (χ0) is 18.4. The van der Waals surface area contributed by atoms with Crippen molar-refractivity contribution in [2.24, 2.45) is 0 Å². The summed E-state index contributed by atoms with van der Waals surface area (Å²) in [5, 5.41) is 12.1. The molecule has 0 saturated heterocycles. The van der Waals surface area contributed by atoms with Crippen molar-refractivity contribution in [3.8, 4) is 6.07 Å². The van der Waals surface area contributed by atoms with E-state index in [4.69, 9.17) is 33.2 Å². The Morgan fingerprint density at radius 1 is 1.20 bits per heavy atom. The van der Waals surface area contributed by atoms with E-state index in [-0.39, 0.29) is 11.4 Å². The fourth-order valence-electron chi connectivity index (χ4n) is 2.02. The van der Waals surface area contributed by atoms with Gasteiger partial charge in [-0.3, -0.25) is 9.59 Å². The molecule has 5 nitrogen and oxygen atoms in total. The van der Waals surface area contributed by atoms with E-state index in [0.29, 0.717) is 21.8 Å². The lowest BCUT2D eigenvalue weighted by Gasteiger charge is -2.14. The first-order valence-corrected chi connectivity index (χ1v) is 8.09. The van der Waals surface area contributed by atoms with Crippen LogP contribution in [0.15, 0.2) is 42.5 Å². The number of amides is 1. The van der Waals surface area contributed by atoms with Gasteiger partial charge in [-0.05, 0) is 36.8 Å². The van der Waals surface area contributed by atoms with Crippen LogP contribution in [0.4, 0.5) is 5.69 Å². The van der Waals surface area contributed by atoms with Crippen LogP contribution < -0.4 is 5.32 Å². The molecule has 0 aliphatic carbocycles. The lowest BCUT2D eigenvalue weighted by molar-refractivity contribution is -0.152. The van der Waals surface area contributed by atoms with Gasteiger partial charge in [0.25, 0.3) is 5.91 Å². The third-order valence-electron chi connectivity index (χ3n) is 3.33. The van der Waals surface area contributed by atoms with Gasteiger partial charge in [0.15, 0.2) is 6.10 Å². The fraction of sp³-hybridized carbons (Fsp3) is 0.167. The van der Waals surface area contributed by atoms with Gasteiger partial charge in [0.05, 0.1) is 17.0 Å². The van der Waals surface area contributed by atoms with Crippen molar-refractivity contribution in [3.63, 3.8) is 0 Å². The number of hydrogen-bond donors (Lipinski definition) is 1. The molecule has 0 heterocycles. The molecule has 1 N–H and O–H groups in total. The molecule has 2 rings (SSSR count). The molecule has 0 aromatic heterocycles. The van der Waals surface area contributed by atoms with Crippen molar-refractivity contribution in [1.29, 1.82) is 5.26 Å². The Morgan fingerprint density at radius 2 is 1.92 bits per heavy atom. The second-order valence-corrected chi connectivity index (χ2v) is 6.01. The van der Waals surface area contributed by atoms with E-state index in [0.717, 1.165) is 0 Å². The fourth-order valence-corrected chi connectivity index (χ4v) is 2.44. The first-order chi connectivity index (χ1) is 11.9. The maximum absolute atomic E-state index is 12.1. The average molecular weight is 377 g/mol. The highest BCUT2D eigenvalue weighted by atomic mass is 35.5. The minimum Gasteiger partial charge on any atom is -0.452 e. The van der Waals surface area contributed by atoms with Crippen molar-refractivity contribution in [1.82, 2.24) is 0 Å². The molecule has 25 heavy (non-hydrogen) atoms. The van der Waals surface area contributed by atoms with E-state index in [1.54, 1.807) is 30.3 Å². The Balaban J connectivity index is 1.94. The molecule has 0 aliphatic heterocycles. The highest BCUT2D eigenvalue weighted by Crippen LogP contribution is 2.20. The Kier molecular flexibility index (Phi) is 6.40. The highest BCUT2D eigenvalue weighted by Gasteiger charge is 2.19. The number of carbonyl (C=O) groups is 2. The Labute approximate surface area is 155 Å². The molecule has 128 valence electrons. The topological polar surface area (TPSA) is 79.2 Å². The summed E-state index contributed by atoms with van der Waals surface area (Å²) >= 11 is 11.9. The number of nitrogens with one attached hydrogen (secondary N) is 1. The van der Waals surface area contributed by atoms with Gasteiger partial charge in [-0.2, -0.15) is 5.26 Å². The molecular formula is C18H14Cl2N2O3. The maximum Gasteiger partial charge on any atom is 0.311 e. The van der Waals surface area contributed by atoms with E-state index in [1.165, 1.54) is 19.1 Å². The van der Waals surface area contributed by atoms with Gasteiger partial charge >= 0.3 is 5.97 Å². The molecule has 0 saturated carbocycles. The summed E-state index contributed by atoms with van der Waals surface area (Å²) < 4.78 is 5.12. The molecule has 0 radical (unpaired) electrons. The smallest absolute Gasteiger partial charge is 0.311 e. The van der Waals surface area contributed by atoms with Crippen LogP contribution in [0.3, 0.4) is 0 Å². The van der Waals surface area contributed by atoms with Gasteiger partial charge in [-0.1, -0.05) is 41.4 Å². The van der Waals surface area contributed by atoms with Crippen molar-refractivity contribution in [2.75, 3.05) is 5.32 Å². The van der Waals surface area contributed by atoms with Gasteiger partial charge in [0.2, 0.25) is 0 Å². The Hall–Kier alpha value is -2.55. The van der Waals surface area contributed by atoms with Crippen molar-refractivity contribution in [2.45, 2.75) is 19.4 Å². The van der Waals surface area contributed by atoms with Gasteiger partial charge in [-0.15, -0.1) is 0 Å². The third-order valence-corrected chi connectivity index (χ3v) is 4.01. The number of anilines is 1. The Bertz CT molecular complexity index is 846. The number of carbonyl (C=O) groups excluding carboxylic acids is 2. The normalized spacial score (nSPS) is 11.3. The van der Waals surface area contributed by atoms with E-state index >= 15 is 0 Å². The molecule has 2 aromatic carbocycles. The standard InChI is InChI=1S/C18H14Cl2N2O3/c1-11(25-17(23)8-12-4-2-3-5-15(12)19)18(24)22-14-7-6-13(10-21)16(20)9-14/h2-7,9,11H,8H2,1H3,(H,22,24). The lowest BCUT2D eigenvalue weighted by atomic mass is 10.1. The zero-order valence-corrected chi connectivity index (χ0v) is 14.8. The predicted octanol–water partition coefficient (Wildman–Crippen LogP) is 3.98. The maximum atomic E-state index is 12.1. The van der Waals surface area contributed by atoms with Gasteiger partial charge in [0.1, 0.15) is 6.07 Å².